The molecule has 0 bridgehead atoms. The van der Waals surface area contributed by atoms with E-state index in [4.69, 9.17) is 8.96 Å². The van der Waals surface area contributed by atoms with E-state index < -0.39 is 10.0 Å². The van der Waals surface area contributed by atoms with Crippen LogP contribution in [-0.4, -0.2) is 39.3 Å². The third-order valence-electron chi connectivity index (χ3n) is 5.50. The highest BCUT2D eigenvalue weighted by Gasteiger charge is 2.20. The minimum atomic E-state index is -3.20. The highest BCUT2D eigenvalue weighted by Crippen LogP contribution is 2.24. The van der Waals surface area contributed by atoms with Crippen molar-refractivity contribution in [2.24, 2.45) is 5.92 Å². The van der Waals surface area contributed by atoms with Gasteiger partial charge in [-0.2, -0.15) is 0 Å². The molecular weight excluding hydrogens is 372 g/mol. The molecule has 1 aromatic heterocycles. The second-order valence-corrected chi connectivity index (χ2v) is 9.25. The Morgan fingerprint density at radius 3 is 2.68 bits per heavy atom. The van der Waals surface area contributed by atoms with Gasteiger partial charge in [-0.3, -0.25) is 9.08 Å². The van der Waals surface area contributed by atoms with Crippen LogP contribution in [0.1, 0.15) is 24.2 Å². The Kier molecular flexibility index (Phi) is 5.48. The maximum atomic E-state index is 12.1. The zero-order valence-electron chi connectivity index (χ0n) is 16.1. The molecule has 2 heterocycles. The lowest BCUT2D eigenvalue weighted by Gasteiger charge is -2.31. The number of hydrogen-bond acceptors (Lipinski definition) is 5. The van der Waals surface area contributed by atoms with E-state index in [0.717, 1.165) is 48.8 Å². The van der Waals surface area contributed by atoms with Crippen LogP contribution in [0.3, 0.4) is 0 Å². The van der Waals surface area contributed by atoms with Crippen LogP contribution in [0.4, 0.5) is 0 Å². The van der Waals surface area contributed by atoms with Crippen LogP contribution >= 0.6 is 0 Å². The number of aromatic amines is 1. The summed E-state index contributed by atoms with van der Waals surface area (Å²) >= 11 is 0. The van der Waals surface area contributed by atoms with Gasteiger partial charge in [0.15, 0.2) is 10.0 Å². The normalized spacial score (nSPS) is 18.3. The zero-order valence-corrected chi connectivity index (χ0v) is 16.9. The monoisotopic (exact) mass is 398 g/mol. The average Bonchev–Trinajstić information content (AvgIpc) is 3.12. The van der Waals surface area contributed by atoms with E-state index >= 15 is 0 Å². The average molecular weight is 399 g/mol. The van der Waals surface area contributed by atoms with Gasteiger partial charge in [0.05, 0.1) is 29.6 Å². The Morgan fingerprint density at radius 2 is 1.96 bits per heavy atom. The fourth-order valence-electron chi connectivity index (χ4n) is 3.89. The topological polar surface area (TPSA) is 82.1 Å². The summed E-state index contributed by atoms with van der Waals surface area (Å²) < 4.78 is 24.7. The molecule has 2 aromatic carbocycles. The molecule has 148 valence electrons. The lowest BCUT2D eigenvalue weighted by atomic mass is 9.90. The van der Waals surface area contributed by atoms with Gasteiger partial charge in [-0.1, -0.05) is 30.3 Å². The Bertz CT molecular complexity index is 1040. The van der Waals surface area contributed by atoms with Gasteiger partial charge in [-0.05, 0) is 62.0 Å². The lowest BCUT2D eigenvalue weighted by Crippen LogP contribution is -2.34. The molecule has 0 spiro atoms. The molecule has 1 saturated heterocycles. The number of imidazole rings is 1. The molecule has 3 aromatic rings. The van der Waals surface area contributed by atoms with E-state index in [0.29, 0.717) is 4.90 Å². The van der Waals surface area contributed by atoms with Gasteiger partial charge in [0.2, 0.25) is 0 Å². The Hall–Kier alpha value is -2.22. The number of aromatic nitrogens is 2. The van der Waals surface area contributed by atoms with Crippen molar-refractivity contribution < 1.29 is 8.39 Å². The summed E-state index contributed by atoms with van der Waals surface area (Å²) in [6.07, 6.45) is 3.57. The molecule has 7 heteroatoms. The van der Waals surface area contributed by atoms with Crippen LogP contribution in [-0.2, 0) is 27.2 Å². The molecule has 1 atom stereocenters. The molecular formula is C21H26N4O2S. The number of piperidine rings is 1. The van der Waals surface area contributed by atoms with Crippen LogP contribution in [0, 0.1) is 10.7 Å². The van der Waals surface area contributed by atoms with Crippen molar-refractivity contribution in [3.63, 3.8) is 0 Å². The molecule has 6 nitrogen and oxygen atoms in total. The van der Waals surface area contributed by atoms with Gasteiger partial charge < -0.3 is 4.98 Å². The van der Waals surface area contributed by atoms with Gasteiger partial charge in [-0.15, -0.1) is 0 Å². The fourth-order valence-corrected chi connectivity index (χ4v) is 4.60. The number of fused-ring (bicyclic) bond motifs is 1. The minimum Gasteiger partial charge on any atom is -0.341 e. The molecule has 1 fully saturated rings. The summed E-state index contributed by atoms with van der Waals surface area (Å²) in [4.78, 5) is 10.8. The molecule has 1 aliphatic heterocycles. The van der Waals surface area contributed by atoms with E-state index in [9.17, 15) is 4.21 Å². The second-order valence-electron chi connectivity index (χ2n) is 7.44. The van der Waals surface area contributed by atoms with Crippen LogP contribution in [0.25, 0.3) is 11.0 Å². The second kappa shape index (κ2) is 8.03. The third kappa shape index (κ3) is 4.27. The smallest absolute Gasteiger partial charge is 0.190 e. The van der Waals surface area contributed by atoms with Gasteiger partial charge in [-0.25, -0.2) is 14.0 Å². The highest BCUT2D eigenvalue weighted by molar-refractivity contribution is 7.87. The Balaban J connectivity index is 1.38. The maximum Gasteiger partial charge on any atom is 0.190 e. The predicted octanol–water partition coefficient (Wildman–Crippen LogP) is 3.98. The summed E-state index contributed by atoms with van der Waals surface area (Å²) in [6.45, 7) is 2.93. The Labute approximate surface area is 166 Å². The molecule has 2 N–H and O–H groups in total. The van der Waals surface area contributed by atoms with E-state index in [1.165, 1.54) is 25.5 Å². The number of H-pyrrole nitrogens is 1. The van der Waals surface area contributed by atoms with Crippen molar-refractivity contribution >= 4 is 21.0 Å². The largest absolute Gasteiger partial charge is 0.341 e. The summed E-state index contributed by atoms with van der Waals surface area (Å²) in [6, 6.07) is 15.9. The maximum absolute atomic E-state index is 12.1. The van der Waals surface area contributed by atoms with E-state index in [1.54, 1.807) is 18.2 Å². The minimum absolute atomic E-state index is 0.361. The van der Waals surface area contributed by atoms with Crippen molar-refractivity contribution in [1.82, 2.24) is 14.9 Å². The van der Waals surface area contributed by atoms with Crippen LogP contribution < -0.4 is 0 Å². The molecule has 4 rings (SSSR count). The van der Waals surface area contributed by atoms with E-state index in [-0.39, 0.29) is 0 Å². The number of rotatable bonds is 6. The zero-order chi connectivity index (χ0) is 19.6. The van der Waals surface area contributed by atoms with Crippen molar-refractivity contribution in [2.45, 2.75) is 30.7 Å². The molecule has 0 saturated carbocycles. The quantitative estimate of drug-likeness (QED) is 0.658. The molecule has 1 unspecified atom stereocenters. The van der Waals surface area contributed by atoms with Gasteiger partial charge in [0.1, 0.15) is 5.82 Å². The third-order valence-corrected chi connectivity index (χ3v) is 6.84. The van der Waals surface area contributed by atoms with Crippen molar-refractivity contribution in [3.05, 3.63) is 59.9 Å². The Morgan fingerprint density at radius 1 is 1.21 bits per heavy atom. The first-order valence-electron chi connectivity index (χ1n) is 9.63. The molecule has 0 aliphatic carbocycles. The van der Waals surface area contributed by atoms with Gasteiger partial charge >= 0.3 is 0 Å². The number of likely N-dealkylation sites (tertiary alicyclic amines) is 1. The number of nitrogens with one attached hydrogen (secondary N) is 2. The van der Waals surface area contributed by atoms with E-state index in [1.807, 2.05) is 0 Å². The summed E-state index contributed by atoms with van der Waals surface area (Å²) in [5.41, 5.74) is 3.04. The van der Waals surface area contributed by atoms with Crippen molar-refractivity contribution in [1.29, 1.82) is 4.78 Å². The lowest BCUT2D eigenvalue weighted by molar-refractivity contribution is 0.174. The fraction of sp³-hybridized carbons (Fsp3) is 0.381. The highest BCUT2D eigenvalue weighted by atomic mass is 32.2. The van der Waals surface area contributed by atoms with Crippen LogP contribution in [0.15, 0.2) is 53.4 Å². The van der Waals surface area contributed by atoms with Gasteiger partial charge in [0, 0.05) is 0 Å². The first-order valence-corrected chi connectivity index (χ1v) is 11.1. The number of hydrogen-bond donors (Lipinski definition) is 2. The summed E-state index contributed by atoms with van der Waals surface area (Å²) in [7, 11) is -1.91. The first-order chi connectivity index (χ1) is 13.5. The summed E-state index contributed by atoms with van der Waals surface area (Å²) in [5.74, 6) is 1.65. The standard InChI is InChI=1S/C21H26N4O2S/c1-27-28(22,26)18-7-8-19-20(14-18)24-21(23-19)15-25-11-9-17(10-12-25)13-16-5-3-2-4-6-16/h2-8,14,17,22H,9-13,15H2,1H3,(H,23,24). The first kappa shape index (κ1) is 19.1. The van der Waals surface area contributed by atoms with Crippen LogP contribution in [0.2, 0.25) is 0 Å². The summed E-state index contributed by atoms with van der Waals surface area (Å²) in [5, 5.41) is 0. The van der Waals surface area contributed by atoms with E-state index in [2.05, 4.69) is 45.2 Å². The number of benzene rings is 2. The molecule has 0 radical (unpaired) electrons. The predicted molar refractivity (Wildman–Crippen MR) is 110 cm³/mol. The van der Waals surface area contributed by atoms with Crippen molar-refractivity contribution in [2.75, 3.05) is 20.2 Å². The number of nitrogens with zero attached hydrogens (tertiary/aromatic N) is 2. The van der Waals surface area contributed by atoms with Crippen LogP contribution in [0.5, 0.6) is 0 Å². The molecule has 0 amide bonds. The van der Waals surface area contributed by atoms with Gasteiger partial charge in [0.25, 0.3) is 0 Å². The van der Waals surface area contributed by atoms with Crippen molar-refractivity contribution in [3.8, 4) is 0 Å². The SMILES string of the molecule is COS(=N)(=O)c1ccc2nc(CN3CCC(Cc4ccccc4)CC3)[nH]c2c1. The molecule has 28 heavy (non-hydrogen) atoms. The molecule has 1 aliphatic rings.